The lowest BCUT2D eigenvalue weighted by Crippen LogP contribution is -2.48. The molecule has 0 aromatic heterocycles. The van der Waals surface area contributed by atoms with Crippen molar-refractivity contribution in [3.63, 3.8) is 0 Å². The van der Waals surface area contributed by atoms with E-state index < -0.39 is 0 Å². The number of guanidine groups is 1. The second-order valence-corrected chi connectivity index (χ2v) is 6.09. The van der Waals surface area contributed by atoms with E-state index in [1.54, 1.807) is 0 Å². The Kier molecular flexibility index (Phi) is 3.31. The molecule has 88 valence electrons. The molecule has 1 aliphatic rings. The number of nitrogens with zero attached hydrogens (tertiary/aromatic N) is 1. The normalized spacial score (nSPS) is 24.9. The quantitative estimate of drug-likeness (QED) is 0.542. The van der Waals surface area contributed by atoms with Crippen LogP contribution in [0.2, 0.25) is 0 Å². The summed E-state index contributed by atoms with van der Waals surface area (Å²) < 4.78 is 0. The fraction of sp³-hybridized carbons (Fsp3) is 0.917. The van der Waals surface area contributed by atoms with Gasteiger partial charge in [0, 0.05) is 18.1 Å². The van der Waals surface area contributed by atoms with Crippen LogP contribution in [-0.2, 0) is 0 Å². The first-order chi connectivity index (χ1) is 6.74. The monoisotopic (exact) mass is 211 g/mol. The van der Waals surface area contributed by atoms with E-state index in [1.807, 2.05) is 0 Å². The summed E-state index contributed by atoms with van der Waals surface area (Å²) in [7, 11) is 0. The maximum Gasteiger partial charge on any atom is 0.191 e. The van der Waals surface area contributed by atoms with Gasteiger partial charge in [-0.1, -0.05) is 13.8 Å². The molecule has 0 saturated heterocycles. The molecule has 0 amide bonds. The summed E-state index contributed by atoms with van der Waals surface area (Å²) in [6.45, 7) is 13.9. The van der Waals surface area contributed by atoms with Gasteiger partial charge in [0.2, 0.25) is 0 Å². The average molecular weight is 211 g/mol. The summed E-state index contributed by atoms with van der Waals surface area (Å²) in [5.74, 6) is 0.945. The van der Waals surface area contributed by atoms with E-state index in [-0.39, 0.29) is 5.54 Å². The average Bonchev–Trinajstić information content (AvgIpc) is 2.55. The lowest BCUT2D eigenvalue weighted by atomic mass is 10.1. The zero-order chi connectivity index (χ0) is 11.7. The third-order valence-electron chi connectivity index (χ3n) is 2.63. The van der Waals surface area contributed by atoms with E-state index in [4.69, 9.17) is 0 Å². The van der Waals surface area contributed by atoms with E-state index in [1.165, 1.54) is 6.42 Å². The van der Waals surface area contributed by atoms with Crippen molar-refractivity contribution in [3.8, 4) is 0 Å². The highest BCUT2D eigenvalue weighted by Gasteiger charge is 2.46. The molecule has 0 radical (unpaired) electrons. The first kappa shape index (κ1) is 12.3. The van der Waals surface area contributed by atoms with Crippen molar-refractivity contribution in [2.75, 3.05) is 6.54 Å². The molecule has 1 fully saturated rings. The van der Waals surface area contributed by atoms with Gasteiger partial charge < -0.3 is 10.6 Å². The van der Waals surface area contributed by atoms with Crippen LogP contribution >= 0.6 is 0 Å². The van der Waals surface area contributed by atoms with Crippen LogP contribution in [0, 0.1) is 5.41 Å². The van der Waals surface area contributed by atoms with Gasteiger partial charge in [-0.15, -0.1) is 0 Å². The predicted molar refractivity (Wildman–Crippen MR) is 66.2 cm³/mol. The lowest BCUT2D eigenvalue weighted by Gasteiger charge is -2.24. The Bertz CT molecular complexity index is 248. The van der Waals surface area contributed by atoms with Gasteiger partial charge in [-0.25, -0.2) is 0 Å². The highest BCUT2D eigenvalue weighted by atomic mass is 15.2. The molecular weight excluding hydrogens is 186 g/mol. The van der Waals surface area contributed by atoms with Crippen LogP contribution in [-0.4, -0.2) is 24.1 Å². The van der Waals surface area contributed by atoms with Gasteiger partial charge in [0.05, 0.1) is 0 Å². The van der Waals surface area contributed by atoms with Crippen LogP contribution in [0.1, 0.15) is 48.0 Å². The zero-order valence-electron chi connectivity index (χ0n) is 10.9. The molecule has 3 nitrogen and oxygen atoms in total. The van der Waals surface area contributed by atoms with Crippen molar-refractivity contribution in [1.82, 2.24) is 10.6 Å². The topological polar surface area (TPSA) is 36.4 Å². The fourth-order valence-electron chi connectivity index (χ4n) is 1.51. The maximum atomic E-state index is 4.45. The van der Waals surface area contributed by atoms with Crippen molar-refractivity contribution < 1.29 is 0 Å². The molecule has 1 atom stereocenters. The Hall–Kier alpha value is -0.730. The first-order valence-electron chi connectivity index (χ1n) is 5.84. The minimum Gasteiger partial charge on any atom is -0.353 e. The Labute approximate surface area is 93.7 Å². The van der Waals surface area contributed by atoms with Gasteiger partial charge in [-0.2, -0.15) is 0 Å². The summed E-state index contributed by atoms with van der Waals surface area (Å²) >= 11 is 0. The molecule has 0 heterocycles. The maximum absolute atomic E-state index is 4.45. The molecule has 0 aromatic rings. The van der Waals surface area contributed by atoms with Gasteiger partial charge in [0.15, 0.2) is 5.96 Å². The highest BCUT2D eigenvalue weighted by molar-refractivity contribution is 5.81. The zero-order valence-corrected chi connectivity index (χ0v) is 10.9. The minimum atomic E-state index is 0.0695. The van der Waals surface area contributed by atoms with Gasteiger partial charge >= 0.3 is 0 Å². The largest absolute Gasteiger partial charge is 0.353 e. The molecule has 1 aliphatic carbocycles. The molecule has 0 spiro atoms. The molecular formula is C12H25N3. The van der Waals surface area contributed by atoms with Crippen LogP contribution in [0.4, 0.5) is 0 Å². The first-order valence-corrected chi connectivity index (χ1v) is 5.84. The van der Waals surface area contributed by atoms with E-state index >= 15 is 0 Å². The summed E-state index contributed by atoms with van der Waals surface area (Å²) in [5.41, 5.74) is 0.508. The fourth-order valence-corrected chi connectivity index (χ4v) is 1.51. The van der Waals surface area contributed by atoms with E-state index in [0.29, 0.717) is 11.5 Å². The number of hydrogen-bond donors (Lipinski definition) is 2. The Morgan fingerprint density at radius 2 is 1.93 bits per heavy atom. The Balaban J connectivity index is 2.50. The van der Waals surface area contributed by atoms with Crippen molar-refractivity contribution in [3.05, 3.63) is 0 Å². The van der Waals surface area contributed by atoms with Gasteiger partial charge in [0.1, 0.15) is 0 Å². The molecule has 2 N–H and O–H groups in total. The lowest BCUT2D eigenvalue weighted by molar-refractivity contribution is 0.494. The molecule has 3 heteroatoms. The summed E-state index contributed by atoms with van der Waals surface area (Å²) in [5, 5.41) is 6.88. The number of hydrogen-bond acceptors (Lipinski definition) is 1. The van der Waals surface area contributed by atoms with Crippen LogP contribution in [0.15, 0.2) is 4.99 Å². The number of rotatable bonds is 2. The van der Waals surface area contributed by atoms with Crippen LogP contribution in [0.25, 0.3) is 0 Å². The molecule has 0 aliphatic heterocycles. The van der Waals surface area contributed by atoms with E-state index in [0.717, 1.165) is 12.5 Å². The Morgan fingerprint density at radius 3 is 2.27 bits per heavy atom. The molecule has 0 bridgehead atoms. The van der Waals surface area contributed by atoms with Gasteiger partial charge in [-0.05, 0) is 39.5 Å². The smallest absolute Gasteiger partial charge is 0.191 e. The van der Waals surface area contributed by atoms with E-state index in [2.05, 4.69) is 57.2 Å². The molecule has 1 unspecified atom stereocenters. The summed E-state index contributed by atoms with van der Waals surface area (Å²) in [4.78, 5) is 4.45. The standard InChI is InChI=1S/C12H25N3/c1-7-13-10(15-11(2,3)4)14-9-8-12(9,5)6/h9H,7-8H2,1-6H3,(H2,13,14,15). The Morgan fingerprint density at radius 1 is 1.40 bits per heavy atom. The summed E-state index contributed by atoms with van der Waals surface area (Å²) in [6, 6.07) is 0.581. The van der Waals surface area contributed by atoms with E-state index in [9.17, 15) is 0 Å². The SMILES string of the molecule is CCN=C(NC1CC1(C)C)NC(C)(C)C. The van der Waals surface area contributed by atoms with Gasteiger partial charge in [0.25, 0.3) is 0 Å². The highest BCUT2D eigenvalue weighted by Crippen LogP contribution is 2.44. The second kappa shape index (κ2) is 4.03. The predicted octanol–water partition coefficient (Wildman–Crippen LogP) is 2.14. The summed E-state index contributed by atoms with van der Waals surface area (Å²) in [6.07, 6.45) is 1.24. The third-order valence-corrected chi connectivity index (χ3v) is 2.63. The molecule has 0 aromatic carbocycles. The van der Waals surface area contributed by atoms with Crippen molar-refractivity contribution in [2.45, 2.75) is 59.5 Å². The second-order valence-electron chi connectivity index (χ2n) is 6.09. The third kappa shape index (κ3) is 4.10. The van der Waals surface area contributed by atoms with Crippen molar-refractivity contribution >= 4 is 5.96 Å². The van der Waals surface area contributed by atoms with Gasteiger partial charge in [-0.3, -0.25) is 4.99 Å². The molecule has 1 saturated carbocycles. The number of nitrogens with one attached hydrogen (secondary N) is 2. The van der Waals surface area contributed by atoms with Crippen molar-refractivity contribution in [2.24, 2.45) is 10.4 Å². The van der Waals surface area contributed by atoms with Crippen LogP contribution in [0.5, 0.6) is 0 Å². The minimum absolute atomic E-state index is 0.0695. The molecule has 1 rings (SSSR count). The van der Waals surface area contributed by atoms with Crippen LogP contribution < -0.4 is 10.6 Å². The van der Waals surface area contributed by atoms with Crippen LogP contribution in [0.3, 0.4) is 0 Å². The van der Waals surface area contributed by atoms with Crippen molar-refractivity contribution in [1.29, 1.82) is 0 Å². The number of aliphatic imine (C=N–C) groups is 1. The molecule has 15 heavy (non-hydrogen) atoms.